The molecule has 2 amide bonds. The summed E-state index contributed by atoms with van der Waals surface area (Å²) in [6.07, 6.45) is 0. The summed E-state index contributed by atoms with van der Waals surface area (Å²) in [7, 11) is 1.58. The maximum Gasteiger partial charge on any atom is 0.255 e. The lowest BCUT2D eigenvalue weighted by molar-refractivity contribution is -0.121. The number of carbonyl (C=O) groups is 2. The smallest absolute Gasteiger partial charge is 0.255 e. The lowest BCUT2D eigenvalue weighted by Gasteiger charge is -2.37. The predicted molar refractivity (Wildman–Crippen MR) is 120 cm³/mol. The van der Waals surface area contributed by atoms with E-state index in [1.165, 1.54) is 0 Å². The molecular weight excluding hydrogens is 425 g/mol. The highest BCUT2D eigenvalue weighted by Crippen LogP contribution is 2.26. The fraction of sp³-hybridized carbons (Fsp3) is 0.364. The number of benzene rings is 2. The van der Waals surface area contributed by atoms with Crippen LogP contribution >= 0.6 is 23.2 Å². The first-order valence-corrected chi connectivity index (χ1v) is 10.5. The van der Waals surface area contributed by atoms with Crippen LogP contribution in [-0.4, -0.2) is 60.9 Å². The standard InChI is InChI=1S/C22H25Cl2N3O3/c1-14-4-7-20(30-3)19(12-14)25-21(28)15(2)26-8-10-27(11-9-26)22(29)17-6-5-16(23)13-18(17)24/h4-7,12-13,15H,8-11H2,1-3H3,(H,25,28). The van der Waals surface area contributed by atoms with Gasteiger partial charge in [0, 0.05) is 31.2 Å². The van der Waals surface area contributed by atoms with Gasteiger partial charge in [-0.15, -0.1) is 0 Å². The third-order valence-corrected chi connectivity index (χ3v) is 5.85. The van der Waals surface area contributed by atoms with Crippen LogP contribution in [0, 0.1) is 6.92 Å². The second-order valence-electron chi connectivity index (χ2n) is 7.32. The van der Waals surface area contributed by atoms with Gasteiger partial charge in [-0.25, -0.2) is 0 Å². The maximum absolute atomic E-state index is 12.8. The summed E-state index contributed by atoms with van der Waals surface area (Å²) >= 11 is 12.1. The first kappa shape index (κ1) is 22.4. The summed E-state index contributed by atoms with van der Waals surface area (Å²) in [6, 6.07) is 10.2. The van der Waals surface area contributed by atoms with Gasteiger partial charge in [0.05, 0.1) is 29.4 Å². The van der Waals surface area contributed by atoms with E-state index < -0.39 is 0 Å². The molecular formula is C22H25Cl2N3O3. The van der Waals surface area contributed by atoms with Crippen LogP contribution in [-0.2, 0) is 4.79 Å². The normalized spacial score (nSPS) is 15.6. The highest BCUT2D eigenvalue weighted by molar-refractivity contribution is 6.36. The van der Waals surface area contributed by atoms with Gasteiger partial charge in [-0.1, -0.05) is 29.3 Å². The van der Waals surface area contributed by atoms with Crippen molar-refractivity contribution in [2.45, 2.75) is 19.9 Å². The van der Waals surface area contributed by atoms with Gasteiger partial charge in [-0.05, 0) is 49.7 Å². The van der Waals surface area contributed by atoms with Crippen LogP contribution in [0.1, 0.15) is 22.8 Å². The molecule has 1 unspecified atom stereocenters. The Bertz CT molecular complexity index is 943. The Labute approximate surface area is 186 Å². The predicted octanol–water partition coefficient (Wildman–Crippen LogP) is 4.10. The van der Waals surface area contributed by atoms with Crippen molar-refractivity contribution < 1.29 is 14.3 Å². The number of ether oxygens (including phenoxy) is 1. The van der Waals surface area contributed by atoms with Gasteiger partial charge in [0.1, 0.15) is 5.75 Å². The topological polar surface area (TPSA) is 61.9 Å². The lowest BCUT2D eigenvalue weighted by Crippen LogP contribution is -2.54. The minimum atomic E-state index is -0.341. The Hall–Kier alpha value is -2.28. The number of hydrogen-bond donors (Lipinski definition) is 1. The molecule has 1 saturated heterocycles. The van der Waals surface area contributed by atoms with E-state index in [2.05, 4.69) is 10.2 Å². The molecule has 1 atom stereocenters. The summed E-state index contributed by atoms with van der Waals surface area (Å²) in [6.45, 7) is 6.05. The Kier molecular flexibility index (Phi) is 7.23. The van der Waals surface area contributed by atoms with Crippen molar-refractivity contribution in [2.75, 3.05) is 38.6 Å². The minimum absolute atomic E-state index is 0.112. The fourth-order valence-corrected chi connectivity index (χ4v) is 3.96. The molecule has 1 N–H and O–H groups in total. The van der Waals surface area contributed by atoms with E-state index in [4.69, 9.17) is 27.9 Å². The van der Waals surface area contributed by atoms with Crippen LogP contribution in [0.5, 0.6) is 5.75 Å². The molecule has 1 heterocycles. The molecule has 0 saturated carbocycles. The Morgan fingerprint density at radius 1 is 1.07 bits per heavy atom. The quantitative estimate of drug-likeness (QED) is 0.746. The van der Waals surface area contributed by atoms with Crippen molar-refractivity contribution in [2.24, 2.45) is 0 Å². The third kappa shape index (κ3) is 5.06. The Balaban J connectivity index is 1.59. The first-order chi connectivity index (χ1) is 14.3. The maximum atomic E-state index is 12.8. The molecule has 1 fully saturated rings. The van der Waals surface area contributed by atoms with Crippen molar-refractivity contribution in [1.29, 1.82) is 0 Å². The van der Waals surface area contributed by atoms with Crippen LogP contribution in [0.15, 0.2) is 36.4 Å². The van der Waals surface area contributed by atoms with E-state index in [1.807, 2.05) is 32.0 Å². The monoisotopic (exact) mass is 449 g/mol. The largest absolute Gasteiger partial charge is 0.495 e. The number of hydrogen-bond acceptors (Lipinski definition) is 4. The summed E-state index contributed by atoms with van der Waals surface area (Å²) in [5, 5.41) is 3.79. The van der Waals surface area contributed by atoms with Gasteiger partial charge in [0.15, 0.2) is 0 Å². The van der Waals surface area contributed by atoms with E-state index >= 15 is 0 Å². The molecule has 3 rings (SSSR count). The summed E-state index contributed by atoms with van der Waals surface area (Å²) in [5.74, 6) is 0.383. The van der Waals surface area contributed by atoms with Gasteiger partial charge in [0.2, 0.25) is 5.91 Å². The van der Waals surface area contributed by atoms with E-state index in [-0.39, 0.29) is 17.9 Å². The SMILES string of the molecule is COc1ccc(C)cc1NC(=O)C(C)N1CCN(C(=O)c2ccc(Cl)cc2Cl)CC1. The third-order valence-electron chi connectivity index (χ3n) is 5.30. The average Bonchev–Trinajstić information content (AvgIpc) is 2.73. The lowest BCUT2D eigenvalue weighted by atomic mass is 10.1. The van der Waals surface area contributed by atoms with Crippen LogP contribution in [0.4, 0.5) is 5.69 Å². The number of halogens is 2. The number of nitrogens with zero attached hydrogens (tertiary/aromatic N) is 2. The van der Waals surface area contributed by atoms with E-state index in [1.54, 1.807) is 30.2 Å². The molecule has 0 radical (unpaired) electrons. The van der Waals surface area contributed by atoms with Crippen LogP contribution in [0.3, 0.4) is 0 Å². The van der Waals surface area contributed by atoms with Gasteiger partial charge in [-0.3, -0.25) is 14.5 Å². The molecule has 1 aliphatic heterocycles. The molecule has 1 aliphatic rings. The van der Waals surface area contributed by atoms with Gasteiger partial charge in [0.25, 0.3) is 5.91 Å². The molecule has 2 aromatic rings. The molecule has 0 spiro atoms. The molecule has 0 aromatic heterocycles. The highest BCUT2D eigenvalue weighted by Gasteiger charge is 2.29. The molecule has 0 aliphatic carbocycles. The van der Waals surface area contributed by atoms with Crippen molar-refractivity contribution in [1.82, 2.24) is 9.80 Å². The second kappa shape index (κ2) is 9.69. The van der Waals surface area contributed by atoms with E-state index in [0.717, 1.165) is 5.56 Å². The molecule has 160 valence electrons. The zero-order chi connectivity index (χ0) is 21.8. The highest BCUT2D eigenvalue weighted by atomic mass is 35.5. The van der Waals surface area contributed by atoms with E-state index in [9.17, 15) is 9.59 Å². The van der Waals surface area contributed by atoms with Crippen LogP contribution in [0.2, 0.25) is 10.0 Å². The molecule has 30 heavy (non-hydrogen) atoms. The van der Waals surface area contributed by atoms with Crippen molar-refractivity contribution >= 4 is 40.7 Å². The fourth-order valence-electron chi connectivity index (χ4n) is 3.47. The number of rotatable bonds is 5. The first-order valence-electron chi connectivity index (χ1n) is 9.74. The minimum Gasteiger partial charge on any atom is -0.495 e. The summed E-state index contributed by atoms with van der Waals surface area (Å²) in [4.78, 5) is 29.4. The zero-order valence-corrected chi connectivity index (χ0v) is 18.8. The Morgan fingerprint density at radius 3 is 2.40 bits per heavy atom. The number of methoxy groups -OCH3 is 1. The Morgan fingerprint density at radius 2 is 1.77 bits per heavy atom. The van der Waals surface area contributed by atoms with E-state index in [0.29, 0.717) is 53.2 Å². The second-order valence-corrected chi connectivity index (χ2v) is 8.16. The number of amides is 2. The average molecular weight is 450 g/mol. The van der Waals surface area contributed by atoms with Crippen LogP contribution in [0.25, 0.3) is 0 Å². The van der Waals surface area contributed by atoms with Crippen LogP contribution < -0.4 is 10.1 Å². The van der Waals surface area contributed by atoms with Crippen molar-refractivity contribution in [3.63, 3.8) is 0 Å². The van der Waals surface area contributed by atoms with Gasteiger partial charge < -0.3 is 15.0 Å². The van der Waals surface area contributed by atoms with Gasteiger partial charge in [-0.2, -0.15) is 0 Å². The number of carbonyl (C=O) groups excluding carboxylic acids is 2. The summed E-state index contributed by atoms with van der Waals surface area (Å²) < 4.78 is 5.33. The number of anilines is 1. The van der Waals surface area contributed by atoms with Crippen molar-refractivity contribution in [3.8, 4) is 5.75 Å². The van der Waals surface area contributed by atoms with Gasteiger partial charge >= 0.3 is 0 Å². The van der Waals surface area contributed by atoms with Crippen molar-refractivity contribution in [3.05, 3.63) is 57.6 Å². The zero-order valence-electron chi connectivity index (χ0n) is 17.2. The molecule has 2 aromatic carbocycles. The number of nitrogens with one attached hydrogen (secondary N) is 1. The molecule has 8 heteroatoms. The number of aryl methyl sites for hydroxylation is 1. The molecule has 0 bridgehead atoms. The summed E-state index contributed by atoms with van der Waals surface area (Å²) in [5.41, 5.74) is 2.12. The molecule has 6 nitrogen and oxygen atoms in total. The number of piperazine rings is 1.